The SMILES string of the molecule is Cn1cc(C(=O)Nc2cc(C(=O)Nc3cc(S(=O)(=O)O)cc4c(S(=O)(=O)O)ccc(S(=O)(=O)O)c34)cn2C)cc1NC(=O)Nc1cc(C(=O)Nc2cc(C(=O)Nc3cc(S(=O)(=O)O)cc4c(S(=O)(=O)O)ccc(S(=O)(=O)O)c34)cn2C)cn1C. The number of nitrogens with one attached hydrogen (secondary N) is 6. The molecule has 0 radical (unpaired) electrons. The van der Waals surface area contributed by atoms with Crippen LogP contribution in [0.25, 0.3) is 21.5 Å². The first-order valence-corrected chi connectivity index (χ1v) is 31.3. The maximum absolute atomic E-state index is 13.6. The average molecular weight is 1280 g/mol. The molecule has 33 nitrogen and oxygen atoms in total. The molecule has 0 aliphatic heterocycles. The van der Waals surface area contributed by atoms with Crippen molar-refractivity contribution in [3.63, 3.8) is 0 Å². The summed E-state index contributed by atoms with van der Waals surface area (Å²) in [5.41, 5.74) is -2.21. The minimum Gasteiger partial charge on any atom is -0.337 e. The minimum absolute atomic E-state index is 0.0436. The van der Waals surface area contributed by atoms with Crippen LogP contribution in [-0.4, -0.2) is 126 Å². The molecule has 12 N–H and O–H groups in total. The van der Waals surface area contributed by atoms with Crippen LogP contribution in [0.1, 0.15) is 41.4 Å². The topological polar surface area (TPSA) is 503 Å². The van der Waals surface area contributed by atoms with Crippen molar-refractivity contribution in [3.05, 3.63) is 120 Å². The molecule has 0 aliphatic carbocycles. The van der Waals surface area contributed by atoms with Gasteiger partial charge in [0.2, 0.25) is 0 Å². The molecule has 0 unspecified atom stereocenters. The van der Waals surface area contributed by atoms with Gasteiger partial charge in [0.1, 0.15) is 42.9 Å². The number of amides is 6. The summed E-state index contributed by atoms with van der Waals surface area (Å²) in [6.45, 7) is 0. The van der Waals surface area contributed by atoms with Crippen molar-refractivity contribution in [1.82, 2.24) is 18.3 Å². The molecule has 4 aromatic heterocycles. The van der Waals surface area contributed by atoms with Crippen molar-refractivity contribution in [2.75, 3.05) is 31.9 Å². The van der Waals surface area contributed by atoms with Crippen LogP contribution in [-0.2, 0) is 88.9 Å². The maximum Gasteiger partial charge on any atom is 0.325 e. The molecule has 0 bridgehead atoms. The third-order valence-electron chi connectivity index (χ3n) is 12.3. The lowest BCUT2D eigenvalue weighted by Gasteiger charge is -2.15. The number of anilines is 6. The van der Waals surface area contributed by atoms with Gasteiger partial charge in [0.15, 0.2) is 0 Å². The summed E-state index contributed by atoms with van der Waals surface area (Å²) < 4.78 is 211. The van der Waals surface area contributed by atoms with Crippen LogP contribution in [0.3, 0.4) is 0 Å². The predicted molar refractivity (Wildman–Crippen MR) is 293 cm³/mol. The Labute approximate surface area is 473 Å². The molecule has 0 spiro atoms. The van der Waals surface area contributed by atoms with E-state index in [0.29, 0.717) is 48.5 Å². The fraction of sp³-hybridized carbons (Fsp3) is 0.0889. The van der Waals surface area contributed by atoms with Gasteiger partial charge < -0.3 is 39.5 Å². The molecular weight excluding hydrogens is 1240 g/mol. The molecule has 39 heteroatoms. The molecule has 0 aliphatic rings. The standard InChI is InChI=1S/C45H40N10O23S6/c1-52-17-21(41(56)46-29-15-25(79(61,62)63)13-27-31(81(67,68)69)5-7-33(39(27)29)83(73,74)75)9-35(52)48-43(58)23-11-37(54(3)19-23)50-45(60)51-38-12-24(20-55(38)4)44(59)49-36-10-22(18-53(36)2)42(57)47-30-16-26(80(64,65)66)14-28-32(82(70,71)72)6-8-34(40(28)30)84(76,77)78/h5-20H,1-4H3,(H,46,56)(H,47,57)(H,48,58)(H,49,59)(H2,50,51,60)(H,61,62,63)(H,64,65,66)(H,67,68,69)(H,70,71,72)(H,73,74,75)(H,76,77,78). The van der Waals surface area contributed by atoms with E-state index >= 15 is 0 Å². The highest BCUT2D eigenvalue weighted by molar-refractivity contribution is 7.87. The monoisotopic (exact) mass is 1280 g/mol. The van der Waals surface area contributed by atoms with Gasteiger partial charge in [-0.15, -0.1) is 0 Å². The number of hydrogen-bond acceptors (Lipinski definition) is 17. The van der Waals surface area contributed by atoms with Gasteiger partial charge in [-0.3, -0.25) is 57.1 Å². The zero-order valence-corrected chi connectivity index (χ0v) is 47.5. The average Bonchev–Trinajstić information content (AvgIpc) is 1.41. The summed E-state index contributed by atoms with van der Waals surface area (Å²) in [5, 5.41) is 11.3. The van der Waals surface area contributed by atoms with E-state index in [1.54, 1.807) is 0 Å². The predicted octanol–water partition coefficient (Wildman–Crippen LogP) is 3.48. The fourth-order valence-electron chi connectivity index (χ4n) is 8.46. The minimum atomic E-state index is -5.25. The van der Waals surface area contributed by atoms with Crippen molar-refractivity contribution in [2.24, 2.45) is 28.2 Å². The highest BCUT2D eigenvalue weighted by Gasteiger charge is 2.30. The molecular formula is C45H40N10O23S6. The number of benzene rings is 4. The lowest BCUT2D eigenvalue weighted by Crippen LogP contribution is -2.22. The van der Waals surface area contributed by atoms with Crippen LogP contribution < -0.4 is 31.9 Å². The van der Waals surface area contributed by atoms with Crippen LogP contribution in [0.4, 0.5) is 39.4 Å². The molecule has 0 fully saturated rings. The highest BCUT2D eigenvalue weighted by Crippen LogP contribution is 2.39. The lowest BCUT2D eigenvalue weighted by molar-refractivity contribution is 0.101. The van der Waals surface area contributed by atoms with Gasteiger partial charge in [0.05, 0.1) is 43.4 Å². The number of hydrogen-bond donors (Lipinski definition) is 12. The molecule has 444 valence electrons. The maximum atomic E-state index is 13.6. The van der Waals surface area contributed by atoms with Gasteiger partial charge in [0, 0.05) is 74.5 Å². The van der Waals surface area contributed by atoms with E-state index in [4.69, 9.17) is 0 Å². The van der Waals surface area contributed by atoms with Gasteiger partial charge >= 0.3 is 6.03 Å². The lowest BCUT2D eigenvalue weighted by atomic mass is 10.1. The molecule has 0 atom stereocenters. The summed E-state index contributed by atoms with van der Waals surface area (Å²) in [6, 6.07) is 8.12. The number of urea groups is 1. The smallest absolute Gasteiger partial charge is 0.325 e. The van der Waals surface area contributed by atoms with Crippen LogP contribution >= 0.6 is 0 Å². The van der Waals surface area contributed by atoms with Crippen LogP contribution in [0.2, 0.25) is 0 Å². The highest BCUT2D eigenvalue weighted by atomic mass is 32.2. The Hall–Kier alpha value is -8.87. The van der Waals surface area contributed by atoms with Gasteiger partial charge in [-0.05, 0) is 72.8 Å². The van der Waals surface area contributed by atoms with E-state index in [-0.39, 0.29) is 45.5 Å². The molecule has 0 saturated carbocycles. The first kappa shape index (κ1) is 61.2. The van der Waals surface area contributed by atoms with Crippen molar-refractivity contribution < 1.29 is 102 Å². The molecule has 0 saturated heterocycles. The third kappa shape index (κ3) is 12.7. The Morgan fingerprint density at radius 3 is 0.845 bits per heavy atom. The number of carbonyl (C=O) groups excluding carboxylic acids is 5. The van der Waals surface area contributed by atoms with E-state index in [9.17, 15) is 102 Å². The third-order valence-corrected chi connectivity index (χ3v) is 17.5. The number of aryl methyl sites for hydroxylation is 4. The summed E-state index contributed by atoms with van der Waals surface area (Å²) in [7, 11) is -25.7. The molecule has 8 aromatic rings. The Bertz CT molecular complexity index is 4640. The Kier molecular flexibility index (Phi) is 15.6. The zero-order chi connectivity index (χ0) is 62.3. The fourth-order valence-corrected chi connectivity index (χ4v) is 12.3. The summed E-state index contributed by atoms with van der Waals surface area (Å²) >= 11 is 0. The Morgan fingerprint density at radius 1 is 0.333 bits per heavy atom. The first-order valence-electron chi connectivity index (χ1n) is 22.7. The molecule has 8 rings (SSSR count). The van der Waals surface area contributed by atoms with Crippen LogP contribution in [0.15, 0.2) is 127 Å². The molecule has 4 aromatic carbocycles. The number of rotatable bonds is 16. The van der Waals surface area contributed by atoms with E-state index in [1.807, 2.05) is 0 Å². The van der Waals surface area contributed by atoms with Crippen molar-refractivity contribution in [1.29, 1.82) is 0 Å². The number of aromatic nitrogens is 4. The van der Waals surface area contributed by atoms with E-state index in [2.05, 4.69) is 31.9 Å². The Morgan fingerprint density at radius 2 is 0.583 bits per heavy atom. The first-order chi connectivity index (χ1) is 38.6. The summed E-state index contributed by atoms with van der Waals surface area (Å²) in [5.74, 6) is -3.89. The molecule has 84 heavy (non-hydrogen) atoms. The van der Waals surface area contributed by atoms with Crippen LogP contribution in [0, 0.1) is 0 Å². The Balaban J connectivity index is 0.941. The normalized spacial score (nSPS) is 12.5. The van der Waals surface area contributed by atoms with E-state index < -0.39 is 153 Å². The van der Waals surface area contributed by atoms with Gasteiger partial charge in [-0.25, -0.2) is 4.79 Å². The van der Waals surface area contributed by atoms with Gasteiger partial charge in [-0.1, -0.05) is 0 Å². The second kappa shape index (κ2) is 21.4. The van der Waals surface area contributed by atoms with Crippen LogP contribution in [0.5, 0.6) is 0 Å². The second-order valence-corrected chi connectivity index (χ2v) is 26.5. The van der Waals surface area contributed by atoms with E-state index in [0.717, 1.165) is 24.5 Å². The van der Waals surface area contributed by atoms with Gasteiger partial charge in [0.25, 0.3) is 84.3 Å². The number of fused-ring (bicyclic) bond motifs is 2. The quantitative estimate of drug-likeness (QED) is 0.0616. The largest absolute Gasteiger partial charge is 0.337 e. The number of nitrogens with zero attached hydrogens (tertiary/aromatic N) is 4. The second-order valence-electron chi connectivity index (χ2n) is 18.1. The van der Waals surface area contributed by atoms with Gasteiger partial charge in [-0.2, -0.15) is 50.5 Å². The van der Waals surface area contributed by atoms with Crippen molar-refractivity contribution in [2.45, 2.75) is 29.4 Å². The van der Waals surface area contributed by atoms with Crippen molar-refractivity contribution >= 4 is 147 Å². The zero-order valence-electron chi connectivity index (χ0n) is 42.6. The summed E-state index contributed by atoms with van der Waals surface area (Å²) in [6.07, 6.45) is 4.92. The molecule has 4 heterocycles. The number of carbonyl (C=O) groups is 5. The van der Waals surface area contributed by atoms with Crippen molar-refractivity contribution in [3.8, 4) is 0 Å². The molecule has 6 amide bonds. The summed E-state index contributed by atoms with van der Waals surface area (Å²) in [4.78, 5) is 61.2. The van der Waals surface area contributed by atoms with E-state index in [1.165, 1.54) is 71.0 Å².